The van der Waals surface area contributed by atoms with Crippen molar-refractivity contribution in [1.82, 2.24) is 25.8 Å². The lowest BCUT2D eigenvalue weighted by Gasteiger charge is -2.34. The molecular weight excluding hydrogens is 917 g/mol. The molecule has 21 nitrogen and oxygen atoms in total. The molecule has 69 heavy (non-hydrogen) atoms. The second kappa shape index (κ2) is 26.5. The third-order valence-corrected chi connectivity index (χ3v) is 8.54. The van der Waals surface area contributed by atoms with Crippen molar-refractivity contribution in [2.45, 2.75) is 197 Å². The van der Waals surface area contributed by atoms with Crippen molar-refractivity contribution in [2.75, 3.05) is 26.2 Å². The van der Waals surface area contributed by atoms with Crippen LogP contribution in [0.4, 0.5) is 28.8 Å². The van der Waals surface area contributed by atoms with E-state index in [1.165, 1.54) is 11.3 Å². The fraction of sp³-hybridized carbons (Fsp3) is 0.723. The van der Waals surface area contributed by atoms with Gasteiger partial charge in [0.25, 0.3) is 0 Å². The summed E-state index contributed by atoms with van der Waals surface area (Å²) in [4.78, 5) is 89.7. The number of ether oxygens (including phenoxy) is 7. The van der Waals surface area contributed by atoms with E-state index in [0.717, 1.165) is 9.80 Å². The second-order valence-electron chi connectivity index (χ2n) is 21.8. The molecule has 0 unspecified atom stereocenters. The van der Waals surface area contributed by atoms with Crippen LogP contribution in [0, 0.1) is 5.41 Å². The van der Waals surface area contributed by atoms with Crippen LogP contribution in [0.25, 0.3) is 0 Å². The van der Waals surface area contributed by atoms with Crippen LogP contribution in [-0.4, -0.2) is 124 Å². The summed E-state index contributed by atoms with van der Waals surface area (Å²) in [6.45, 7) is 30.3. The summed E-state index contributed by atoms with van der Waals surface area (Å²) in [6, 6.07) is 1.67. The zero-order chi connectivity index (χ0) is 53.2. The van der Waals surface area contributed by atoms with Gasteiger partial charge in [0.05, 0.1) is 19.8 Å². The first-order chi connectivity index (χ1) is 31.3. The number of carbonyl (C=O) groups excluding carboxylic acids is 6. The second-order valence-corrected chi connectivity index (χ2v) is 22.8. The molecule has 0 saturated heterocycles. The number of nitrogens with one attached hydrogen (secondary N) is 4. The molecule has 1 aromatic heterocycles. The van der Waals surface area contributed by atoms with E-state index in [4.69, 9.17) is 38.6 Å². The molecule has 0 aliphatic rings. The van der Waals surface area contributed by atoms with Gasteiger partial charge in [0.15, 0.2) is 0 Å². The molecule has 0 aliphatic heterocycles. The highest BCUT2D eigenvalue weighted by molar-refractivity contribution is 7.10. The van der Waals surface area contributed by atoms with Gasteiger partial charge in [-0.05, 0) is 144 Å². The molecule has 392 valence electrons. The maximum atomic E-state index is 14.1. The number of thiophene rings is 1. The summed E-state index contributed by atoms with van der Waals surface area (Å²) in [7, 11) is 0. The number of nitrogens with zero attached hydrogens (tertiary/aromatic N) is 4. The van der Waals surface area contributed by atoms with Crippen molar-refractivity contribution in [3.8, 4) is 0 Å². The maximum absolute atomic E-state index is 14.1. The van der Waals surface area contributed by atoms with Gasteiger partial charge in [-0.1, -0.05) is 19.3 Å². The number of unbranched alkanes of at least 4 members (excludes halogenated alkanes) is 4. The molecule has 0 fully saturated rings. The largest absolute Gasteiger partial charge is 0.444 e. The molecule has 1 rings (SSSR count). The van der Waals surface area contributed by atoms with E-state index >= 15 is 0 Å². The molecule has 22 heteroatoms. The molecule has 0 radical (unpaired) electrons. The zero-order valence-electron chi connectivity index (χ0n) is 44.2. The number of alkyl carbamates (subject to hydrolysis) is 2. The van der Waals surface area contributed by atoms with Crippen LogP contribution in [0.15, 0.2) is 21.4 Å². The highest BCUT2D eigenvalue weighted by Gasteiger charge is 2.36. The predicted octanol–water partition coefficient (Wildman–Crippen LogP) is 10.2. The van der Waals surface area contributed by atoms with Gasteiger partial charge in [0.2, 0.25) is 11.9 Å². The van der Waals surface area contributed by atoms with E-state index < -0.39 is 76.1 Å². The molecule has 1 heterocycles. The third-order valence-electron chi connectivity index (χ3n) is 7.63. The van der Waals surface area contributed by atoms with E-state index in [1.54, 1.807) is 136 Å². The van der Waals surface area contributed by atoms with Gasteiger partial charge in [-0.2, -0.15) is 0 Å². The third kappa shape index (κ3) is 29.9. The SMILES string of the molecule is CC(C)(C)OC(=O)/N=C(/NCCCCCCCN(C(=O)OC(C)(C)C)/C(=N\C(=O)OC(C)(C)C)N(CCOCc1cc(C(=N)NC(=O)OC(C)(C)C)cs1)C(=O)OC(C)(C)C)NC(=O)OC(C)(C)C. The number of hydrogen-bond donors (Lipinski definition) is 4. The first kappa shape index (κ1) is 61.5. The van der Waals surface area contributed by atoms with Crippen LogP contribution in [0.5, 0.6) is 0 Å². The maximum Gasteiger partial charge on any atom is 0.437 e. The molecule has 1 aromatic rings. The molecule has 0 spiro atoms. The average molecular weight is 997 g/mol. The minimum atomic E-state index is -1.07. The van der Waals surface area contributed by atoms with E-state index in [1.807, 2.05) is 0 Å². The fourth-order valence-corrected chi connectivity index (χ4v) is 6.04. The van der Waals surface area contributed by atoms with Crippen molar-refractivity contribution in [2.24, 2.45) is 9.98 Å². The van der Waals surface area contributed by atoms with Crippen molar-refractivity contribution < 1.29 is 61.9 Å². The van der Waals surface area contributed by atoms with E-state index in [0.29, 0.717) is 49.1 Å². The number of aliphatic imine (C=N–C) groups is 2. The van der Waals surface area contributed by atoms with Crippen LogP contribution in [-0.2, 0) is 39.8 Å². The normalized spacial score (nSPS) is 12.8. The van der Waals surface area contributed by atoms with Crippen molar-refractivity contribution in [3.63, 3.8) is 0 Å². The van der Waals surface area contributed by atoms with Crippen LogP contribution in [0.1, 0.15) is 167 Å². The Morgan fingerprint density at radius 2 is 1.00 bits per heavy atom. The van der Waals surface area contributed by atoms with Gasteiger partial charge in [0.1, 0.15) is 39.4 Å². The Morgan fingerprint density at radius 1 is 0.565 bits per heavy atom. The lowest BCUT2D eigenvalue weighted by Crippen LogP contribution is -2.53. The van der Waals surface area contributed by atoms with E-state index in [-0.39, 0.29) is 38.1 Å². The quantitative estimate of drug-likeness (QED) is 0.0585. The predicted molar refractivity (Wildman–Crippen MR) is 264 cm³/mol. The lowest BCUT2D eigenvalue weighted by atomic mass is 10.1. The molecule has 0 saturated carbocycles. The Labute approximate surface area is 412 Å². The first-order valence-corrected chi connectivity index (χ1v) is 23.8. The number of amidine groups is 1. The Hall–Kier alpha value is -5.51. The molecule has 0 aliphatic carbocycles. The highest BCUT2D eigenvalue weighted by Crippen LogP contribution is 2.20. The van der Waals surface area contributed by atoms with Gasteiger partial charge < -0.3 is 38.5 Å². The van der Waals surface area contributed by atoms with Crippen LogP contribution in [0.2, 0.25) is 0 Å². The topological polar surface area (TPSA) is 258 Å². The zero-order valence-corrected chi connectivity index (χ0v) is 45.0. The molecule has 0 atom stereocenters. The summed E-state index contributed by atoms with van der Waals surface area (Å²) in [6.07, 6.45) is -2.44. The summed E-state index contributed by atoms with van der Waals surface area (Å²) >= 11 is 1.29. The molecule has 6 amide bonds. The fourth-order valence-electron chi connectivity index (χ4n) is 5.23. The van der Waals surface area contributed by atoms with Crippen LogP contribution in [0.3, 0.4) is 0 Å². The molecule has 4 N–H and O–H groups in total. The number of guanidine groups is 2. The number of carbonyl (C=O) groups is 6. The Bertz CT molecular complexity index is 1960. The molecule has 0 aromatic carbocycles. The minimum Gasteiger partial charge on any atom is -0.444 e. The molecule has 0 bridgehead atoms. The summed E-state index contributed by atoms with van der Waals surface area (Å²) in [5, 5.41) is 17.8. The summed E-state index contributed by atoms with van der Waals surface area (Å²) in [5.41, 5.74) is -4.88. The Morgan fingerprint density at radius 3 is 1.49 bits per heavy atom. The van der Waals surface area contributed by atoms with Crippen molar-refractivity contribution in [3.05, 3.63) is 21.9 Å². The smallest absolute Gasteiger partial charge is 0.437 e. The standard InChI is InChI=1S/C47H80N8O13S/c1-42(2,3)63-36(56)50-33(48)31-28-32(69-30-31)29-62-27-26-55(41(61)68-47(16,17)18)35(53-39(59)66-45(10,11)12)54(40(60)67-46(13,14)15)25-23-21-19-20-22-24-49-34(51-37(57)64-43(4,5)6)52-38(58)65-44(7,8)9/h28,30H,19-27,29H2,1-18H3,(H2,48,50,56)(H2,49,51,52,57,58)/b53-35+. The van der Waals surface area contributed by atoms with Gasteiger partial charge >= 0.3 is 36.6 Å². The number of hydrogen-bond acceptors (Lipinski definition) is 15. The summed E-state index contributed by atoms with van der Waals surface area (Å²) in [5.74, 6) is -0.680. The average Bonchev–Trinajstić information content (AvgIpc) is 3.58. The van der Waals surface area contributed by atoms with E-state index in [2.05, 4.69) is 25.9 Å². The van der Waals surface area contributed by atoms with Crippen molar-refractivity contribution >= 4 is 65.7 Å². The lowest BCUT2D eigenvalue weighted by molar-refractivity contribution is 0.0224. The van der Waals surface area contributed by atoms with Gasteiger partial charge in [-0.25, -0.2) is 38.6 Å². The van der Waals surface area contributed by atoms with Crippen LogP contribution >= 0.6 is 11.3 Å². The minimum absolute atomic E-state index is 0.0390. The first-order valence-electron chi connectivity index (χ1n) is 22.9. The van der Waals surface area contributed by atoms with Gasteiger partial charge in [-0.3, -0.25) is 16.0 Å². The van der Waals surface area contributed by atoms with Crippen LogP contribution < -0.4 is 16.0 Å². The van der Waals surface area contributed by atoms with Gasteiger partial charge in [0, 0.05) is 28.9 Å². The van der Waals surface area contributed by atoms with E-state index in [9.17, 15) is 28.8 Å². The van der Waals surface area contributed by atoms with Gasteiger partial charge in [-0.15, -0.1) is 21.3 Å². The highest BCUT2D eigenvalue weighted by atomic mass is 32.1. The molecular formula is C47H80N8O13S. The Kier molecular flexibility index (Phi) is 23.6. The van der Waals surface area contributed by atoms with Crippen molar-refractivity contribution in [1.29, 1.82) is 5.41 Å². The monoisotopic (exact) mass is 997 g/mol. The number of amides is 6. The summed E-state index contributed by atoms with van der Waals surface area (Å²) < 4.78 is 38.9. The Balaban J connectivity index is 3.35. The number of rotatable bonds is 14.